The average Bonchev–Trinajstić information content (AvgIpc) is 3.46. The van der Waals surface area contributed by atoms with Crippen LogP contribution in [0.25, 0.3) is 22.4 Å². The van der Waals surface area contributed by atoms with Crippen LogP contribution in [0, 0.1) is 24.7 Å². The molecule has 1 aliphatic heterocycles. The number of esters is 2. The van der Waals surface area contributed by atoms with Crippen LogP contribution in [-0.2, 0) is 25.5 Å². The second-order valence-corrected chi connectivity index (χ2v) is 11.6. The minimum Gasteiger partial charge on any atom is -0.463 e. The molecule has 0 saturated carbocycles. The van der Waals surface area contributed by atoms with Crippen molar-refractivity contribution in [1.29, 1.82) is 0 Å². The van der Waals surface area contributed by atoms with Gasteiger partial charge in [0.25, 0.3) is 0 Å². The number of carbonyl (C=O) groups is 2. The highest BCUT2D eigenvalue weighted by atomic mass is 16.5. The average molecular weight is 652 g/mol. The Labute approximate surface area is 285 Å². The summed E-state index contributed by atoms with van der Waals surface area (Å²) in [5.41, 5.74) is 7.26. The fourth-order valence-corrected chi connectivity index (χ4v) is 6.18. The van der Waals surface area contributed by atoms with Crippen molar-refractivity contribution in [1.82, 2.24) is 24.8 Å². The normalized spacial score (nSPS) is 14.2. The van der Waals surface area contributed by atoms with Gasteiger partial charge in [-0.3, -0.25) is 14.5 Å². The van der Waals surface area contributed by atoms with Crippen molar-refractivity contribution in [3.05, 3.63) is 137 Å². The summed E-state index contributed by atoms with van der Waals surface area (Å²) in [6, 6.07) is 23.6. The smallest absolute Gasteiger partial charge is 0.336 e. The minimum absolute atomic E-state index is 0.107. The molecule has 0 spiro atoms. The molecule has 9 heteroatoms. The molecule has 5 aromatic rings. The molecule has 0 amide bonds. The topological polar surface area (TPSA) is 108 Å². The van der Waals surface area contributed by atoms with Gasteiger partial charge in [0.05, 0.1) is 35.2 Å². The van der Waals surface area contributed by atoms with E-state index >= 15 is 0 Å². The molecule has 3 aromatic heterocycles. The minimum atomic E-state index is -0.588. The number of benzene rings is 2. The molecule has 49 heavy (non-hydrogen) atoms. The third kappa shape index (κ3) is 7.44. The first-order valence-electron chi connectivity index (χ1n) is 16.3. The number of aromatic nitrogens is 4. The molecule has 0 radical (unpaired) electrons. The largest absolute Gasteiger partial charge is 0.463 e. The molecule has 0 saturated heterocycles. The van der Waals surface area contributed by atoms with Crippen LogP contribution in [0.4, 0.5) is 0 Å². The molecule has 6 rings (SSSR count). The molecule has 1 aliphatic rings. The van der Waals surface area contributed by atoms with E-state index in [1.165, 1.54) is 0 Å². The zero-order chi connectivity index (χ0) is 34.2. The third-order valence-corrected chi connectivity index (χ3v) is 8.33. The van der Waals surface area contributed by atoms with Crippen LogP contribution in [0.15, 0.2) is 114 Å². The van der Waals surface area contributed by atoms with Gasteiger partial charge in [-0.15, -0.1) is 0 Å². The number of allylic oxidation sites excluding steroid dienone is 1. The first-order chi connectivity index (χ1) is 23.9. The molecular formula is C40H37N5O4. The maximum Gasteiger partial charge on any atom is 0.336 e. The summed E-state index contributed by atoms with van der Waals surface area (Å²) in [5.74, 6) is 5.32. The summed E-state index contributed by atoms with van der Waals surface area (Å²) in [7, 11) is 0. The van der Waals surface area contributed by atoms with Crippen LogP contribution < -0.4 is 5.32 Å². The second-order valence-electron chi connectivity index (χ2n) is 11.6. The highest BCUT2D eigenvalue weighted by Gasteiger charge is 2.38. The number of pyridine rings is 2. The molecule has 0 bridgehead atoms. The van der Waals surface area contributed by atoms with Gasteiger partial charge in [0, 0.05) is 53.4 Å². The van der Waals surface area contributed by atoms with Crippen LogP contribution in [-0.4, -0.2) is 44.7 Å². The predicted octanol–water partition coefficient (Wildman–Crippen LogP) is 6.51. The molecule has 9 nitrogen and oxygen atoms in total. The van der Waals surface area contributed by atoms with Gasteiger partial charge in [0.2, 0.25) is 0 Å². The zero-order valence-electron chi connectivity index (χ0n) is 27.8. The summed E-state index contributed by atoms with van der Waals surface area (Å²) in [6.45, 7) is 5.87. The van der Waals surface area contributed by atoms with Gasteiger partial charge >= 0.3 is 11.9 Å². The van der Waals surface area contributed by atoms with Crippen molar-refractivity contribution in [3.8, 4) is 17.5 Å². The van der Waals surface area contributed by atoms with Gasteiger partial charge in [-0.1, -0.05) is 54.3 Å². The Hall–Kier alpha value is -6.01. The maximum absolute atomic E-state index is 13.9. The van der Waals surface area contributed by atoms with Crippen molar-refractivity contribution in [3.63, 3.8) is 0 Å². The summed E-state index contributed by atoms with van der Waals surface area (Å²) < 4.78 is 13.5. The standard InChI is InChI=1S/C40H37N5O4/c1-4-48-40(47)37-33(19-18-29-12-6-5-7-13-29)36(39(46)49-23-9-8-14-30-15-11-21-41-25-30)27(2)43-38(37)31-16-10-17-32(24-31)45-28(3)44-34-26-42-22-20-35(34)45/h5-7,10-13,15-17,20-22,24-26,33,43H,4,9,18-19,23H2,1-3H3. The van der Waals surface area contributed by atoms with Gasteiger partial charge < -0.3 is 14.8 Å². The summed E-state index contributed by atoms with van der Waals surface area (Å²) in [6.07, 6.45) is 8.34. The number of ether oxygens (including phenoxy) is 2. The van der Waals surface area contributed by atoms with E-state index in [0.717, 1.165) is 39.2 Å². The van der Waals surface area contributed by atoms with Gasteiger partial charge in [-0.05, 0) is 69.5 Å². The number of hydrogen-bond acceptors (Lipinski definition) is 8. The Bertz CT molecular complexity index is 2110. The van der Waals surface area contributed by atoms with Crippen LogP contribution in [0.3, 0.4) is 0 Å². The maximum atomic E-state index is 13.9. The summed E-state index contributed by atoms with van der Waals surface area (Å²) in [5, 5.41) is 3.42. The SMILES string of the molecule is CCOC(=O)C1=C(c2cccc(-n3c(C)nc4cnccc43)c2)NC(C)=C(C(=O)OCCC#Cc2cccnc2)C1CCc1ccccc1. The number of nitrogens with one attached hydrogen (secondary N) is 1. The van der Waals surface area contributed by atoms with E-state index in [-0.39, 0.29) is 13.2 Å². The number of carbonyl (C=O) groups excluding carboxylic acids is 2. The summed E-state index contributed by atoms with van der Waals surface area (Å²) in [4.78, 5) is 40.7. The molecule has 1 N–H and O–H groups in total. The Morgan fingerprint density at radius 3 is 2.51 bits per heavy atom. The van der Waals surface area contributed by atoms with Gasteiger partial charge in [-0.2, -0.15) is 0 Å². The molecule has 4 heterocycles. The van der Waals surface area contributed by atoms with E-state index in [2.05, 4.69) is 36.7 Å². The van der Waals surface area contributed by atoms with Crippen LogP contribution in [0.2, 0.25) is 0 Å². The lowest BCUT2D eigenvalue weighted by atomic mass is 9.80. The quantitative estimate of drug-likeness (QED) is 0.104. The van der Waals surface area contributed by atoms with E-state index in [1.54, 1.807) is 31.7 Å². The number of nitrogens with zero attached hydrogens (tertiary/aromatic N) is 4. The van der Waals surface area contributed by atoms with Crippen LogP contribution >= 0.6 is 0 Å². The predicted molar refractivity (Wildman–Crippen MR) is 188 cm³/mol. The van der Waals surface area contributed by atoms with E-state index < -0.39 is 17.9 Å². The lowest BCUT2D eigenvalue weighted by Gasteiger charge is -2.31. The van der Waals surface area contributed by atoms with Crippen molar-refractivity contribution < 1.29 is 19.1 Å². The van der Waals surface area contributed by atoms with Crippen molar-refractivity contribution in [2.24, 2.45) is 5.92 Å². The van der Waals surface area contributed by atoms with E-state index in [9.17, 15) is 9.59 Å². The first kappa shape index (κ1) is 32.9. The fourth-order valence-electron chi connectivity index (χ4n) is 6.18. The molecular weight excluding hydrogens is 614 g/mol. The van der Waals surface area contributed by atoms with Gasteiger partial charge in [-0.25, -0.2) is 14.6 Å². The third-order valence-electron chi connectivity index (χ3n) is 8.33. The Balaban J connectivity index is 1.37. The number of dihydropyridines is 1. The number of rotatable bonds is 10. The van der Waals surface area contributed by atoms with Gasteiger partial charge in [0.1, 0.15) is 17.9 Å². The highest BCUT2D eigenvalue weighted by molar-refractivity contribution is 6.03. The van der Waals surface area contributed by atoms with Crippen LogP contribution in [0.1, 0.15) is 49.2 Å². The Morgan fingerprint density at radius 2 is 1.71 bits per heavy atom. The Morgan fingerprint density at radius 1 is 0.898 bits per heavy atom. The number of aryl methyl sites for hydroxylation is 2. The van der Waals surface area contributed by atoms with Crippen molar-refractivity contribution >= 4 is 28.7 Å². The van der Waals surface area contributed by atoms with Crippen LogP contribution in [0.5, 0.6) is 0 Å². The molecule has 1 atom stereocenters. The van der Waals surface area contributed by atoms with Gasteiger partial charge in [0.15, 0.2) is 0 Å². The van der Waals surface area contributed by atoms with Crippen molar-refractivity contribution in [2.75, 3.05) is 13.2 Å². The summed E-state index contributed by atoms with van der Waals surface area (Å²) >= 11 is 0. The number of hydrogen-bond donors (Lipinski definition) is 1. The second kappa shape index (κ2) is 15.3. The van der Waals surface area contributed by atoms with E-state index in [4.69, 9.17) is 9.47 Å². The van der Waals surface area contributed by atoms with E-state index in [0.29, 0.717) is 41.8 Å². The molecule has 246 valence electrons. The van der Waals surface area contributed by atoms with Crippen molar-refractivity contribution in [2.45, 2.75) is 40.0 Å². The number of imidazole rings is 1. The highest BCUT2D eigenvalue weighted by Crippen LogP contribution is 2.38. The zero-order valence-corrected chi connectivity index (χ0v) is 27.8. The lowest BCUT2D eigenvalue weighted by Crippen LogP contribution is -2.34. The first-order valence-corrected chi connectivity index (χ1v) is 16.3. The molecule has 0 aliphatic carbocycles. The number of fused-ring (bicyclic) bond motifs is 1. The monoisotopic (exact) mass is 651 g/mol. The van der Waals surface area contributed by atoms with E-state index in [1.807, 2.05) is 86.6 Å². The lowest BCUT2D eigenvalue weighted by molar-refractivity contribution is -0.140. The Kier molecular flexibility index (Phi) is 10.3. The molecule has 0 fully saturated rings. The molecule has 2 aromatic carbocycles. The molecule has 1 unspecified atom stereocenters. The fraction of sp³-hybridized carbons (Fsp3) is 0.225.